The van der Waals surface area contributed by atoms with E-state index >= 15 is 0 Å². The van der Waals surface area contributed by atoms with E-state index in [9.17, 15) is 31.2 Å². The number of allylic oxidation sites excluding steroid dienone is 1. The van der Waals surface area contributed by atoms with Crippen LogP contribution in [0.5, 0.6) is 5.75 Å². The number of carbonyl (C=O) groups excluding carboxylic acids is 2. The van der Waals surface area contributed by atoms with E-state index in [0.717, 1.165) is 60.8 Å². The highest BCUT2D eigenvalue weighted by atomic mass is 32.2. The van der Waals surface area contributed by atoms with Crippen LogP contribution >= 0.6 is 0 Å². The first-order valence-corrected chi connectivity index (χ1v) is 24.6. The molecule has 0 aliphatic heterocycles. The Morgan fingerprint density at radius 1 is 0.554 bits per heavy atom. The smallest absolute Gasteiger partial charge is 0.376 e. The van der Waals surface area contributed by atoms with E-state index in [1.54, 1.807) is 12.1 Å². The Hall–Kier alpha value is -4.50. The van der Waals surface area contributed by atoms with Gasteiger partial charge in [-0.2, -0.15) is 21.6 Å². The van der Waals surface area contributed by atoms with Crippen LogP contribution < -0.4 is 4.18 Å². The number of ketones is 2. The van der Waals surface area contributed by atoms with Crippen LogP contribution in [0, 0.1) is 38.5 Å². The van der Waals surface area contributed by atoms with Crippen molar-refractivity contribution in [2.24, 2.45) is 10.8 Å². The fraction of sp³-hybridized carbons (Fsp3) is 0.500. The van der Waals surface area contributed by atoms with Crippen LogP contribution in [-0.4, -0.2) is 25.5 Å². The molecule has 4 aromatic rings. The number of hydrogen-bond acceptors (Lipinski definition) is 5. The fourth-order valence-corrected chi connectivity index (χ4v) is 9.36. The third-order valence-corrected chi connectivity index (χ3v) is 14.6. The zero-order valence-corrected chi connectivity index (χ0v) is 42.5. The molecule has 356 valence electrons. The predicted molar refractivity (Wildman–Crippen MR) is 263 cm³/mol. The van der Waals surface area contributed by atoms with Gasteiger partial charge in [0.25, 0.3) is 0 Å². The lowest BCUT2D eigenvalue weighted by atomic mass is 9.69. The molecule has 4 rings (SSSR count). The van der Waals surface area contributed by atoms with Gasteiger partial charge in [-0.1, -0.05) is 142 Å². The number of carbonyl (C=O) groups is 2. The van der Waals surface area contributed by atoms with Gasteiger partial charge in [0.1, 0.15) is 17.3 Å². The van der Waals surface area contributed by atoms with E-state index in [0.29, 0.717) is 30.6 Å². The molecule has 0 saturated heterocycles. The van der Waals surface area contributed by atoms with Crippen molar-refractivity contribution < 1.29 is 35.4 Å². The highest BCUT2D eigenvalue weighted by Gasteiger charge is 2.49. The summed E-state index contributed by atoms with van der Waals surface area (Å²) in [6.07, 6.45) is 9.03. The Morgan fingerprint density at radius 3 is 1.15 bits per heavy atom. The van der Waals surface area contributed by atoms with Gasteiger partial charge in [-0.3, -0.25) is 9.59 Å². The van der Waals surface area contributed by atoms with Crippen molar-refractivity contribution in [3.8, 4) is 5.75 Å². The topological polar surface area (TPSA) is 77.5 Å². The molecular weight excluding hydrogens is 842 g/mol. The summed E-state index contributed by atoms with van der Waals surface area (Å²) in [4.78, 5) is 24.7. The minimum Gasteiger partial charge on any atom is -0.376 e. The largest absolute Gasteiger partial charge is 0.534 e. The quantitative estimate of drug-likeness (QED) is 0.0564. The predicted octanol–water partition coefficient (Wildman–Crippen LogP) is 14.9. The summed E-state index contributed by atoms with van der Waals surface area (Å²) in [7, 11) is -5.74. The summed E-state index contributed by atoms with van der Waals surface area (Å²) >= 11 is 0. The summed E-state index contributed by atoms with van der Waals surface area (Å²) < 4.78 is 65.5. The minimum atomic E-state index is -5.74. The Balaban J connectivity index is 0.000000349. The molecule has 0 N–H and O–H groups in total. The molecule has 0 atom stereocenters. The second-order valence-corrected chi connectivity index (χ2v) is 21.3. The Bertz CT molecular complexity index is 2400. The first kappa shape index (κ1) is 54.8. The van der Waals surface area contributed by atoms with Crippen molar-refractivity contribution in [2.75, 3.05) is 0 Å². The van der Waals surface area contributed by atoms with Gasteiger partial charge in [-0.15, -0.1) is 6.58 Å². The van der Waals surface area contributed by atoms with E-state index in [2.05, 4.69) is 80.9 Å². The molecule has 0 heterocycles. The molecule has 0 fully saturated rings. The maximum atomic E-state index is 12.7. The van der Waals surface area contributed by atoms with E-state index in [4.69, 9.17) is 0 Å². The number of halogens is 3. The summed E-state index contributed by atoms with van der Waals surface area (Å²) in [5.41, 5.74) is 5.92. The molecule has 9 heteroatoms. The molecule has 0 saturated carbocycles. The molecule has 0 unspecified atom stereocenters. The highest BCUT2D eigenvalue weighted by Crippen LogP contribution is 2.43. The number of hydrogen-bond donors (Lipinski definition) is 0. The Kier molecular flexibility index (Phi) is 18.4. The van der Waals surface area contributed by atoms with E-state index in [1.165, 1.54) is 46.4 Å². The molecule has 0 aliphatic rings. The molecule has 0 bridgehead atoms. The molecule has 5 nitrogen and oxygen atoms in total. The first-order chi connectivity index (χ1) is 30.1. The molecule has 65 heavy (non-hydrogen) atoms. The van der Waals surface area contributed by atoms with Crippen LogP contribution in [0.3, 0.4) is 0 Å². The lowest BCUT2D eigenvalue weighted by molar-refractivity contribution is -0.126. The first-order valence-electron chi connectivity index (χ1n) is 23.2. The van der Waals surface area contributed by atoms with Crippen LogP contribution in [0.1, 0.15) is 169 Å². The highest BCUT2D eigenvalue weighted by molar-refractivity contribution is 7.88. The molecule has 0 radical (unpaired) electrons. The van der Waals surface area contributed by atoms with Crippen molar-refractivity contribution in [3.63, 3.8) is 0 Å². The summed E-state index contributed by atoms with van der Waals surface area (Å²) in [6.45, 7) is 32.3. The van der Waals surface area contributed by atoms with Crippen LogP contribution in [0.25, 0.3) is 0 Å². The van der Waals surface area contributed by atoms with E-state index in [1.807, 2.05) is 80.5 Å². The molecular formula is C56H75F3O5S. The van der Waals surface area contributed by atoms with Gasteiger partial charge < -0.3 is 4.18 Å². The molecule has 0 aliphatic carbocycles. The van der Waals surface area contributed by atoms with Crippen molar-refractivity contribution >= 4 is 21.7 Å². The summed E-state index contributed by atoms with van der Waals surface area (Å²) in [5, 5.41) is 0. The van der Waals surface area contributed by atoms with Crippen LogP contribution in [-0.2, 0) is 49.8 Å². The van der Waals surface area contributed by atoms with Crippen LogP contribution in [0.4, 0.5) is 13.2 Å². The maximum absolute atomic E-state index is 12.7. The van der Waals surface area contributed by atoms with Gasteiger partial charge >= 0.3 is 15.6 Å². The van der Waals surface area contributed by atoms with Crippen molar-refractivity contribution in [3.05, 3.63) is 147 Å². The fourth-order valence-electron chi connectivity index (χ4n) is 8.84. The average Bonchev–Trinajstić information content (AvgIpc) is 3.22. The van der Waals surface area contributed by atoms with Crippen LogP contribution in [0.15, 0.2) is 85.5 Å². The van der Waals surface area contributed by atoms with Crippen molar-refractivity contribution in [1.82, 2.24) is 0 Å². The third-order valence-electron chi connectivity index (χ3n) is 13.6. The van der Waals surface area contributed by atoms with E-state index in [-0.39, 0.29) is 27.8 Å². The zero-order valence-electron chi connectivity index (χ0n) is 41.7. The monoisotopic (exact) mass is 917 g/mol. The van der Waals surface area contributed by atoms with E-state index < -0.39 is 21.0 Å². The minimum absolute atomic E-state index is 0.0159. The molecule has 0 amide bonds. The van der Waals surface area contributed by atoms with Gasteiger partial charge in [0.05, 0.1) is 0 Å². The number of Topliss-reactive ketones (excluding diaryl/α,β-unsaturated/α-hetero) is 2. The Labute approximate surface area is 389 Å². The number of aryl methyl sites for hydroxylation is 6. The van der Waals surface area contributed by atoms with Crippen molar-refractivity contribution in [1.29, 1.82) is 0 Å². The van der Waals surface area contributed by atoms with Gasteiger partial charge in [0.15, 0.2) is 0 Å². The molecule has 4 aromatic carbocycles. The second-order valence-electron chi connectivity index (χ2n) is 19.8. The lowest BCUT2D eigenvalue weighted by Crippen LogP contribution is -2.29. The number of benzene rings is 4. The molecule has 0 aromatic heterocycles. The maximum Gasteiger partial charge on any atom is 0.534 e. The zero-order chi connectivity index (χ0) is 49.3. The summed E-state index contributed by atoms with van der Waals surface area (Å²) in [5.74, 6) is 0.197. The average molecular weight is 917 g/mol. The SMILES string of the molecule is C=CCc1ccc(C(CC)(CC)c2ccc(CCC(=O)C(C)(C)C)c(C)c2)cc1C.CCC(CC)(c1ccc(CCC(=O)C(C)(C)C)c(C)c1)c1ccc(OS(=O)(=O)C(F)(F)F)c(C)c1. The normalized spacial score (nSPS) is 12.6. The van der Waals surface area contributed by atoms with Gasteiger partial charge in [-0.05, 0) is 140 Å². The van der Waals surface area contributed by atoms with Crippen molar-refractivity contribution in [2.45, 2.75) is 171 Å². The number of rotatable bonds is 18. The standard InChI is InChI=1S/C29H40O.C27H35F3O4S/c1-9-12-23-13-16-25(19-21(23)4)29(10-2,11-3)26-17-14-24(22(5)20-26)15-18-27(30)28(6,7)8;1-8-26(9-2,21-12-10-20(18(3)16-21)11-15-24(31)25(5,6)7)22-13-14-23(19(4)17-22)34-35(32,33)27(28,29)30/h9,13-14,16-17,19-20H,1,10-12,15,18H2,2-8H3;10,12-14,16-17H,8-9,11,15H2,1-7H3. The van der Waals surface area contributed by atoms with Crippen LogP contribution in [0.2, 0.25) is 0 Å². The lowest BCUT2D eigenvalue weighted by Gasteiger charge is -2.34. The van der Waals surface area contributed by atoms with Gasteiger partial charge in [-0.25, -0.2) is 0 Å². The molecule has 0 spiro atoms. The second kappa shape index (κ2) is 21.9. The Morgan fingerprint density at radius 2 is 0.877 bits per heavy atom. The summed E-state index contributed by atoms with van der Waals surface area (Å²) in [6, 6.07) is 24.7. The number of alkyl halides is 3. The van der Waals surface area contributed by atoms with Gasteiger partial charge in [0.2, 0.25) is 0 Å². The third kappa shape index (κ3) is 13.1. The van der Waals surface area contributed by atoms with Gasteiger partial charge in [0, 0.05) is 34.5 Å².